The molecule has 1 aromatic carbocycles. The molecule has 0 heterocycles. The number of alkyl halides is 2. The van der Waals surface area contributed by atoms with E-state index in [4.69, 9.17) is 42.8 Å². The second-order valence-corrected chi connectivity index (χ2v) is 12.1. The number of benzene rings is 1. The molecule has 1 rings (SSSR count). The third kappa shape index (κ3) is 8.78. The Hall–Kier alpha value is -1.20. The fraction of sp³-hybridized carbons (Fsp3) is 0.556. The zero-order chi connectivity index (χ0) is 26.0. The van der Waals surface area contributed by atoms with Gasteiger partial charge in [-0.1, -0.05) is 12.1 Å². The van der Waals surface area contributed by atoms with Gasteiger partial charge in [0.05, 0.1) is 0 Å². The zero-order valence-electron chi connectivity index (χ0n) is 18.1. The van der Waals surface area contributed by atoms with Crippen LogP contribution in [0.1, 0.15) is 18.4 Å². The van der Waals surface area contributed by atoms with Gasteiger partial charge in [0.25, 0.3) is 5.08 Å². The van der Waals surface area contributed by atoms with Crippen LogP contribution in [0.25, 0.3) is 0 Å². The Morgan fingerprint density at radius 3 is 2.03 bits per heavy atom. The van der Waals surface area contributed by atoms with Crippen molar-refractivity contribution < 1.29 is 43.4 Å². The van der Waals surface area contributed by atoms with Crippen LogP contribution in [0.15, 0.2) is 24.3 Å². The number of hydrogen-bond acceptors (Lipinski definition) is 6. The summed E-state index contributed by atoms with van der Waals surface area (Å²) in [5.74, 6) is 0.214. The zero-order valence-corrected chi connectivity index (χ0v) is 21.4. The minimum atomic E-state index is -5.57. The summed E-state index contributed by atoms with van der Waals surface area (Å²) in [6, 6.07) is 6.23. The number of carbonyl (C=O) groups is 2. The van der Waals surface area contributed by atoms with E-state index >= 15 is 0 Å². The molecule has 0 saturated carbocycles. The van der Waals surface area contributed by atoms with E-state index in [1.165, 1.54) is 0 Å². The van der Waals surface area contributed by atoms with E-state index in [2.05, 4.69) is 10.6 Å². The van der Waals surface area contributed by atoms with Crippen molar-refractivity contribution in [3.63, 3.8) is 0 Å². The molecule has 0 aromatic heterocycles. The highest BCUT2D eigenvalue weighted by Gasteiger charge is 2.58. The van der Waals surface area contributed by atoms with Crippen molar-refractivity contribution in [3.8, 4) is 0 Å². The molecule has 7 N–H and O–H groups in total. The maximum Gasteiger partial charge on any atom is 0.369 e. The van der Waals surface area contributed by atoms with Crippen LogP contribution in [-0.2, 0) is 25.1 Å². The van der Waals surface area contributed by atoms with Gasteiger partial charge >= 0.3 is 15.2 Å². The molecule has 1 atom stereocenters. The molecule has 0 bridgehead atoms. The second-order valence-electron chi connectivity index (χ2n) is 7.33. The van der Waals surface area contributed by atoms with Gasteiger partial charge in [-0.25, -0.2) is 0 Å². The topological polar surface area (TPSA) is 197 Å². The number of amides is 2. The van der Waals surface area contributed by atoms with Gasteiger partial charge < -0.3 is 40.2 Å². The quantitative estimate of drug-likeness (QED) is 0.0644. The Morgan fingerprint density at radius 1 is 1.06 bits per heavy atom. The minimum Gasteiger partial charge on any atom is -0.369 e. The molecule has 2 amide bonds. The molecule has 0 spiro atoms. The fourth-order valence-corrected chi connectivity index (χ4v) is 5.75. The second kappa shape index (κ2) is 13.8. The Kier molecular flexibility index (Phi) is 12.5. The molecule has 0 aliphatic rings. The normalized spacial score (nSPS) is 13.3. The van der Waals surface area contributed by atoms with Crippen LogP contribution in [-0.4, -0.2) is 79.5 Å². The van der Waals surface area contributed by atoms with E-state index < -0.39 is 38.6 Å². The Morgan fingerprint density at radius 2 is 1.59 bits per heavy atom. The lowest BCUT2D eigenvalue weighted by molar-refractivity contribution is -0.125. The first-order valence-corrected chi connectivity index (χ1v) is 14.4. The van der Waals surface area contributed by atoms with E-state index in [-0.39, 0.29) is 19.4 Å². The summed E-state index contributed by atoms with van der Waals surface area (Å²) in [6.45, 7) is 0.942. The van der Waals surface area contributed by atoms with Crippen LogP contribution in [0, 0.1) is 0 Å². The largest absolute Gasteiger partial charge is 0.369 e. The maximum absolute atomic E-state index is 12.5. The number of rotatable bonds is 16. The first kappa shape index (κ1) is 30.8. The lowest BCUT2D eigenvalue weighted by Crippen LogP contribution is -2.45. The smallest absolute Gasteiger partial charge is 0.369 e. The van der Waals surface area contributed by atoms with Crippen LogP contribution < -0.4 is 15.5 Å². The van der Waals surface area contributed by atoms with E-state index in [9.17, 15) is 23.8 Å². The Labute approximate surface area is 206 Å². The Bertz CT molecular complexity index is 867. The van der Waals surface area contributed by atoms with Gasteiger partial charge in [-0.05, 0) is 24.1 Å². The first-order chi connectivity index (χ1) is 15.8. The highest BCUT2D eigenvalue weighted by atomic mass is 35.5. The third-order valence-electron chi connectivity index (χ3n) is 4.96. The van der Waals surface area contributed by atoms with Crippen molar-refractivity contribution in [1.29, 1.82) is 0 Å². The number of nitrogens with zero attached hydrogens (tertiary/aromatic N) is 1. The van der Waals surface area contributed by atoms with Crippen molar-refractivity contribution in [1.82, 2.24) is 10.6 Å². The standard InChI is InChI=1S/C18H29Cl2N3O9P2/c19-7-10-23(11-8-20)15-4-2-14(3-5-15)12-16(22-13-24)17(25)21-9-1-6-18(26,33(27,28)29)34(30,31)32/h2-5,13,16,26H,1,6-12H2,(H,21,25)(H,22,24)(H2,27,28,29)(H2,30,31,32)/t16-/m0/s1. The summed E-state index contributed by atoms with van der Waals surface area (Å²) in [5.41, 5.74) is 1.62. The predicted octanol–water partition coefficient (Wildman–Crippen LogP) is 0.526. The summed E-state index contributed by atoms with van der Waals surface area (Å²) in [6.07, 6.45) is -0.833. The van der Waals surface area contributed by atoms with Crippen LogP contribution in [0.5, 0.6) is 0 Å². The number of nitrogens with one attached hydrogen (secondary N) is 2. The minimum absolute atomic E-state index is 0.130. The van der Waals surface area contributed by atoms with Crippen molar-refractivity contribution in [2.75, 3.05) is 36.3 Å². The average Bonchev–Trinajstić information content (AvgIpc) is 2.75. The number of halogens is 2. The lowest BCUT2D eigenvalue weighted by atomic mass is 10.0. The van der Waals surface area contributed by atoms with Crippen LogP contribution >= 0.6 is 38.4 Å². The van der Waals surface area contributed by atoms with Crippen molar-refractivity contribution in [2.24, 2.45) is 0 Å². The molecule has 16 heteroatoms. The fourth-order valence-electron chi connectivity index (χ4n) is 3.08. The summed E-state index contributed by atoms with van der Waals surface area (Å²) in [4.78, 5) is 61.9. The number of aliphatic hydroxyl groups is 1. The molecule has 0 unspecified atom stereocenters. The van der Waals surface area contributed by atoms with Gasteiger partial charge in [-0.2, -0.15) is 0 Å². The van der Waals surface area contributed by atoms with E-state index in [1.54, 1.807) is 12.1 Å². The van der Waals surface area contributed by atoms with Gasteiger partial charge in [-0.15, -0.1) is 23.2 Å². The van der Waals surface area contributed by atoms with Gasteiger partial charge in [0.2, 0.25) is 12.3 Å². The molecule has 34 heavy (non-hydrogen) atoms. The van der Waals surface area contributed by atoms with Gasteiger partial charge in [-0.3, -0.25) is 18.7 Å². The van der Waals surface area contributed by atoms with Gasteiger partial charge in [0.1, 0.15) is 6.04 Å². The predicted molar refractivity (Wildman–Crippen MR) is 128 cm³/mol. The van der Waals surface area contributed by atoms with Crippen molar-refractivity contribution in [3.05, 3.63) is 29.8 Å². The van der Waals surface area contributed by atoms with Crippen LogP contribution in [0.4, 0.5) is 5.69 Å². The van der Waals surface area contributed by atoms with Crippen LogP contribution in [0.3, 0.4) is 0 Å². The molecular weight excluding hydrogens is 535 g/mol. The molecule has 0 aliphatic heterocycles. The van der Waals surface area contributed by atoms with Crippen molar-refractivity contribution in [2.45, 2.75) is 30.4 Å². The van der Waals surface area contributed by atoms with Gasteiger partial charge in [0.15, 0.2) is 0 Å². The SMILES string of the molecule is O=CN[C@@H](Cc1ccc(N(CCCl)CCCl)cc1)C(=O)NCCCC(O)(P(=O)(O)O)P(=O)(O)O. The molecule has 1 aromatic rings. The molecule has 12 nitrogen and oxygen atoms in total. The highest BCUT2D eigenvalue weighted by molar-refractivity contribution is 7.72. The molecule has 0 aliphatic carbocycles. The number of anilines is 1. The summed E-state index contributed by atoms with van der Waals surface area (Å²) in [5, 5.41) is 11.1. The van der Waals surface area contributed by atoms with Gasteiger partial charge in [0, 0.05) is 49.9 Å². The molecule has 0 radical (unpaired) electrons. The third-order valence-corrected chi connectivity index (χ3v) is 9.17. The molecule has 0 fully saturated rings. The Balaban J connectivity index is 2.75. The van der Waals surface area contributed by atoms with E-state index in [0.29, 0.717) is 31.3 Å². The van der Waals surface area contributed by atoms with Crippen LogP contribution in [0.2, 0.25) is 0 Å². The van der Waals surface area contributed by atoms with Crippen molar-refractivity contribution >= 4 is 56.4 Å². The lowest BCUT2D eigenvalue weighted by Gasteiger charge is -2.29. The first-order valence-electron chi connectivity index (χ1n) is 10.1. The summed E-state index contributed by atoms with van der Waals surface area (Å²) < 4.78 is 22.7. The summed E-state index contributed by atoms with van der Waals surface area (Å²) >= 11 is 11.6. The number of hydrogen-bond donors (Lipinski definition) is 7. The molecule has 0 saturated heterocycles. The highest BCUT2D eigenvalue weighted by Crippen LogP contribution is 2.69. The average molecular weight is 564 g/mol. The monoisotopic (exact) mass is 563 g/mol. The van der Waals surface area contributed by atoms with E-state index in [0.717, 1.165) is 11.3 Å². The molecule has 194 valence electrons. The maximum atomic E-state index is 12.5. The number of carbonyl (C=O) groups excluding carboxylic acids is 2. The van der Waals surface area contributed by atoms with E-state index in [1.807, 2.05) is 17.0 Å². The molecular formula is C18H29Cl2N3O9P2. The summed E-state index contributed by atoms with van der Waals surface area (Å²) in [7, 11) is -11.1.